The predicted molar refractivity (Wildman–Crippen MR) is 123 cm³/mol. The standard InChI is InChI=1S/C25H18F3N3O4/c1-35-24(34)19-12-16(15-5-4-6-17(11-15)25(26,27)28)9-10-20(19)30-23(33)14-31-21-8-3-2-7-18(21)22(32)13-29-31/h2-13H,14H2,1H3,(H,30,33). The van der Waals surface area contributed by atoms with Crippen LogP contribution in [-0.4, -0.2) is 28.8 Å². The summed E-state index contributed by atoms with van der Waals surface area (Å²) >= 11 is 0. The number of ether oxygens (including phenoxy) is 1. The first-order chi connectivity index (χ1) is 16.7. The molecule has 1 amide bonds. The third-order valence-corrected chi connectivity index (χ3v) is 5.28. The van der Waals surface area contributed by atoms with Crippen molar-refractivity contribution in [2.24, 2.45) is 0 Å². The zero-order chi connectivity index (χ0) is 25.2. The number of fused-ring (bicyclic) bond motifs is 1. The molecule has 0 saturated carbocycles. The van der Waals surface area contributed by atoms with Crippen LogP contribution in [0.15, 0.2) is 77.7 Å². The number of anilines is 1. The van der Waals surface area contributed by atoms with E-state index in [1.165, 1.54) is 35.0 Å². The molecule has 0 bridgehead atoms. The number of carbonyl (C=O) groups excluding carboxylic acids is 2. The van der Waals surface area contributed by atoms with Crippen molar-refractivity contribution in [3.8, 4) is 11.1 Å². The number of hydrogen-bond donors (Lipinski definition) is 1. The van der Waals surface area contributed by atoms with Gasteiger partial charge in [-0.2, -0.15) is 18.3 Å². The first kappa shape index (κ1) is 23.7. The number of alkyl halides is 3. The summed E-state index contributed by atoms with van der Waals surface area (Å²) in [5, 5.41) is 7.01. The number of nitrogens with one attached hydrogen (secondary N) is 1. The molecule has 1 N–H and O–H groups in total. The molecule has 0 radical (unpaired) electrons. The van der Waals surface area contributed by atoms with Gasteiger partial charge in [0.05, 0.1) is 35.6 Å². The summed E-state index contributed by atoms with van der Waals surface area (Å²) in [6.45, 7) is -0.253. The van der Waals surface area contributed by atoms with Crippen LogP contribution in [0.2, 0.25) is 0 Å². The number of esters is 1. The second-order valence-electron chi connectivity index (χ2n) is 7.56. The molecule has 4 aromatic rings. The molecule has 1 heterocycles. The van der Waals surface area contributed by atoms with Crippen LogP contribution in [0.1, 0.15) is 15.9 Å². The van der Waals surface area contributed by atoms with Gasteiger partial charge in [0.15, 0.2) is 0 Å². The maximum Gasteiger partial charge on any atom is 0.416 e. The summed E-state index contributed by atoms with van der Waals surface area (Å²) in [4.78, 5) is 37.1. The fourth-order valence-electron chi connectivity index (χ4n) is 3.60. The molecular formula is C25H18F3N3O4. The number of nitrogens with zero attached hydrogens (tertiary/aromatic N) is 2. The maximum absolute atomic E-state index is 13.1. The Morgan fingerprint density at radius 3 is 2.49 bits per heavy atom. The summed E-state index contributed by atoms with van der Waals surface area (Å²) in [6, 6.07) is 15.6. The van der Waals surface area contributed by atoms with Crippen molar-refractivity contribution in [1.82, 2.24) is 9.78 Å². The lowest BCUT2D eigenvalue weighted by Crippen LogP contribution is -2.23. The largest absolute Gasteiger partial charge is 0.465 e. The van der Waals surface area contributed by atoms with Gasteiger partial charge >= 0.3 is 12.1 Å². The number of halogens is 3. The maximum atomic E-state index is 13.1. The summed E-state index contributed by atoms with van der Waals surface area (Å²) < 4.78 is 45.5. The quantitative estimate of drug-likeness (QED) is 0.424. The molecule has 0 aliphatic carbocycles. The highest BCUT2D eigenvalue weighted by molar-refractivity contribution is 6.02. The van der Waals surface area contributed by atoms with Gasteiger partial charge in [0.25, 0.3) is 0 Å². The van der Waals surface area contributed by atoms with Crippen LogP contribution < -0.4 is 10.7 Å². The molecule has 0 aliphatic rings. The first-order valence-electron chi connectivity index (χ1n) is 10.3. The van der Waals surface area contributed by atoms with Crippen molar-refractivity contribution in [2.75, 3.05) is 12.4 Å². The Labute approximate surface area is 196 Å². The second kappa shape index (κ2) is 9.41. The number of methoxy groups -OCH3 is 1. The fourth-order valence-corrected chi connectivity index (χ4v) is 3.60. The summed E-state index contributed by atoms with van der Waals surface area (Å²) in [6.07, 6.45) is -3.41. The highest BCUT2D eigenvalue weighted by Gasteiger charge is 2.30. The molecule has 7 nitrogen and oxygen atoms in total. The molecule has 3 aromatic carbocycles. The van der Waals surface area contributed by atoms with E-state index in [9.17, 15) is 27.6 Å². The van der Waals surface area contributed by atoms with Crippen LogP contribution in [0, 0.1) is 0 Å². The van der Waals surface area contributed by atoms with E-state index in [1.807, 2.05) is 0 Å². The van der Waals surface area contributed by atoms with Gasteiger partial charge in [0, 0.05) is 5.39 Å². The summed E-state index contributed by atoms with van der Waals surface area (Å²) in [5.41, 5.74) is 0.0114. The number of hydrogen-bond acceptors (Lipinski definition) is 5. The van der Waals surface area contributed by atoms with E-state index in [2.05, 4.69) is 10.4 Å². The van der Waals surface area contributed by atoms with Gasteiger partial charge in [-0.15, -0.1) is 0 Å². The van der Waals surface area contributed by atoms with Gasteiger partial charge in [-0.1, -0.05) is 30.3 Å². The molecule has 0 fully saturated rings. The number of aromatic nitrogens is 2. The van der Waals surface area contributed by atoms with Gasteiger partial charge in [0.2, 0.25) is 11.3 Å². The van der Waals surface area contributed by atoms with Gasteiger partial charge in [-0.05, 0) is 47.5 Å². The SMILES string of the molecule is COC(=O)c1cc(-c2cccc(C(F)(F)F)c2)ccc1NC(=O)Cn1ncc(=O)c2ccccc21. The molecular weight excluding hydrogens is 463 g/mol. The molecule has 0 unspecified atom stereocenters. The van der Waals surface area contributed by atoms with E-state index in [-0.39, 0.29) is 28.8 Å². The number of benzene rings is 3. The smallest absolute Gasteiger partial charge is 0.416 e. The molecule has 4 rings (SSSR count). The van der Waals surface area contributed by atoms with Gasteiger partial charge in [0.1, 0.15) is 6.54 Å². The zero-order valence-electron chi connectivity index (χ0n) is 18.3. The average Bonchev–Trinajstić information content (AvgIpc) is 2.85. The van der Waals surface area contributed by atoms with E-state index in [0.29, 0.717) is 16.5 Å². The minimum Gasteiger partial charge on any atom is -0.465 e. The van der Waals surface area contributed by atoms with Gasteiger partial charge < -0.3 is 10.1 Å². The Bertz CT molecular complexity index is 1500. The highest BCUT2D eigenvalue weighted by atomic mass is 19.4. The van der Waals surface area contributed by atoms with Crippen LogP contribution in [0.3, 0.4) is 0 Å². The number of para-hydroxylation sites is 1. The molecule has 35 heavy (non-hydrogen) atoms. The van der Waals surface area contributed by atoms with Crippen LogP contribution in [0.25, 0.3) is 22.0 Å². The lowest BCUT2D eigenvalue weighted by Gasteiger charge is -2.14. The van der Waals surface area contributed by atoms with Gasteiger partial charge in [-0.25, -0.2) is 4.79 Å². The van der Waals surface area contributed by atoms with E-state index in [0.717, 1.165) is 25.4 Å². The third kappa shape index (κ3) is 5.06. The third-order valence-electron chi connectivity index (χ3n) is 5.28. The van der Waals surface area contributed by atoms with Crippen molar-refractivity contribution in [3.63, 3.8) is 0 Å². The highest BCUT2D eigenvalue weighted by Crippen LogP contribution is 2.33. The van der Waals surface area contributed by atoms with Crippen molar-refractivity contribution in [2.45, 2.75) is 12.7 Å². The number of rotatable bonds is 5. The monoisotopic (exact) mass is 481 g/mol. The number of carbonyl (C=O) groups is 2. The van der Waals surface area contributed by atoms with Crippen LogP contribution in [0.5, 0.6) is 0 Å². The first-order valence-corrected chi connectivity index (χ1v) is 10.3. The number of amides is 1. The predicted octanol–water partition coefficient (Wildman–Crippen LogP) is 4.51. The van der Waals surface area contributed by atoms with E-state index < -0.39 is 23.6 Å². The second-order valence-corrected chi connectivity index (χ2v) is 7.56. The Morgan fingerprint density at radius 2 is 1.74 bits per heavy atom. The average molecular weight is 481 g/mol. The molecule has 0 saturated heterocycles. The molecule has 0 aliphatic heterocycles. The van der Waals surface area contributed by atoms with E-state index >= 15 is 0 Å². The summed E-state index contributed by atoms with van der Waals surface area (Å²) in [5.74, 6) is -1.32. The van der Waals surface area contributed by atoms with Crippen molar-refractivity contribution in [3.05, 3.63) is 94.3 Å². The molecule has 10 heteroatoms. The minimum absolute atomic E-state index is 0.0338. The van der Waals surface area contributed by atoms with E-state index in [4.69, 9.17) is 4.74 Å². The minimum atomic E-state index is -4.52. The molecule has 178 valence electrons. The lowest BCUT2D eigenvalue weighted by molar-refractivity contribution is -0.137. The van der Waals surface area contributed by atoms with Crippen LogP contribution >= 0.6 is 0 Å². The Morgan fingerprint density at radius 1 is 1.00 bits per heavy atom. The van der Waals surface area contributed by atoms with Gasteiger partial charge in [-0.3, -0.25) is 14.3 Å². The molecule has 0 atom stereocenters. The Balaban J connectivity index is 1.64. The van der Waals surface area contributed by atoms with Crippen LogP contribution in [-0.2, 0) is 22.3 Å². The molecule has 0 spiro atoms. The Hall–Kier alpha value is -4.47. The van der Waals surface area contributed by atoms with Crippen LogP contribution in [0.4, 0.5) is 18.9 Å². The topological polar surface area (TPSA) is 90.3 Å². The molecule has 1 aromatic heterocycles. The summed E-state index contributed by atoms with van der Waals surface area (Å²) in [7, 11) is 1.15. The fraction of sp³-hybridized carbons (Fsp3) is 0.120. The van der Waals surface area contributed by atoms with E-state index in [1.54, 1.807) is 24.3 Å². The zero-order valence-corrected chi connectivity index (χ0v) is 18.3. The van der Waals surface area contributed by atoms with Crippen molar-refractivity contribution in [1.29, 1.82) is 0 Å². The lowest BCUT2D eigenvalue weighted by atomic mass is 9.99. The van der Waals surface area contributed by atoms with Crippen molar-refractivity contribution >= 4 is 28.5 Å². The van der Waals surface area contributed by atoms with Crippen molar-refractivity contribution < 1.29 is 27.5 Å². The Kier molecular flexibility index (Phi) is 6.37. The normalized spacial score (nSPS) is 11.3.